The number of nitro groups is 1. The van der Waals surface area contributed by atoms with Gasteiger partial charge in [0.1, 0.15) is 0 Å². The van der Waals surface area contributed by atoms with Crippen molar-refractivity contribution in [3.05, 3.63) is 57.9 Å². The van der Waals surface area contributed by atoms with Gasteiger partial charge in [-0.25, -0.2) is 0 Å². The molecular formula is C15H15ClN4O2. The van der Waals surface area contributed by atoms with Crippen LogP contribution >= 0.6 is 11.6 Å². The molecule has 0 unspecified atom stereocenters. The van der Waals surface area contributed by atoms with Gasteiger partial charge in [-0.15, -0.1) is 0 Å². The summed E-state index contributed by atoms with van der Waals surface area (Å²) in [7, 11) is 0. The molecule has 1 aromatic heterocycles. The zero-order valence-corrected chi connectivity index (χ0v) is 12.6. The van der Waals surface area contributed by atoms with E-state index in [-0.39, 0.29) is 10.6 Å². The van der Waals surface area contributed by atoms with Crippen molar-refractivity contribution >= 4 is 28.7 Å². The molecule has 0 saturated carbocycles. The van der Waals surface area contributed by atoms with E-state index in [1.807, 2.05) is 6.07 Å². The number of aromatic nitrogens is 1. The molecule has 0 bridgehead atoms. The van der Waals surface area contributed by atoms with Crippen LogP contribution in [0, 0.1) is 10.1 Å². The normalized spacial score (nSPS) is 15.0. The van der Waals surface area contributed by atoms with Crippen molar-refractivity contribution in [1.82, 2.24) is 4.98 Å². The van der Waals surface area contributed by atoms with Gasteiger partial charge in [-0.2, -0.15) is 0 Å². The fourth-order valence-electron chi connectivity index (χ4n) is 2.62. The fraction of sp³-hybridized carbons (Fsp3) is 0.267. The van der Waals surface area contributed by atoms with E-state index in [1.54, 1.807) is 36.7 Å². The number of hydrogen-bond acceptors (Lipinski definition) is 5. The van der Waals surface area contributed by atoms with Crippen molar-refractivity contribution < 1.29 is 4.92 Å². The SMILES string of the molecule is O=[N+]([O-])c1ccc(N2CCN(c3ccncc3Cl)CC2)cc1. The molecule has 0 atom stereocenters. The van der Waals surface area contributed by atoms with Crippen LogP contribution in [0.3, 0.4) is 0 Å². The first-order valence-electron chi connectivity index (χ1n) is 6.99. The number of rotatable bonds is 3. The van der Waals surface area contributed by atoms with E-state index in [9.17, 15) is 10.1 Å². The lowest BCUT2D eigenvalue weighted by atomic mass is 10.2. The molecule has 0 amide bonds. The van der Waals surface area contributed by atoms with Gasteiger partial charge in [0.25, 0.3) is 5.69 Å². The lowest BCUT2D eigenvalue weighted by molar-refractivity contribution is -0.384. The minimum absolute atomic E-state index is 0.117. The molecule has 22 heavy (non-hydrogen) atoms. The topological polar surface area (TPSA) is 62.5 Å². The van der Waals surface area contributed by atoms with Crippen LogP contribution in [0.2, 0.25) is 5.02 Å². The van der Waals surface area contributed by atoms with Crippen LogP contribution in [0.1, 0.15) is 0 Å². The summed E-state index contributed by atoms with van der Waals surface area (Å²) < 4.78 is 0. The standard InChI is InChI=1S/C15H15ClN4O2/c16-14-11-17-6-5-15(14)19-9-7-18(8-10-19)12-1-3-13(4-2-12)20(21)22/h1-6,11H,7-10H2. The molecule has 0 aliphatic carbocycles. The highest BCUT2D eigenvalue weighted by Gasteiger charge is 2.19. The van der Waals surface area contributed by atoms with Gasteiger partial charge < -0.3 is 9.80 Å². The Morgan fingerprint density at radius 1 is 1.05 bits per heavy atom. The largest absolute Gasteiger partial charge is 0.368 e. The van der Waals surface area contributed by atoms with Gasteiger partial charge in [-0.3, -0.25) is 15.1 Å². The van der Waals surface area contributed by atoms with E-state index >= 15 is 0 Å². The average molecular weight is 319 g/mol. The van der Waals surface area contributed by atoms with Gasteiger partial charge in [-0.05, 0) is 18.2 Å². The molecule has 2 aromatic rings. The van der Waals surface area contributed by atoms with Gasteiger partial charge in [-0.1, -0.05) is 11.6 Å². The van der Waals surface area contributed by atoms with Crippen LogP contribution < -0.4 is 9.80 Å². The summed E-state index contributed by atoms with van der Waals surface area (Å²) in [5.74, 6) is 0. The Bertz CT molecular complexity index is 669. The highest BCUT2D eigenvalue weighted by molar-refractivity contribution is 6.33. The quantitative estimate of drug-likeness (QED) is 0.643. The second kappa shape index (κ2) is 6.19. The van der Waals surface area contributed by atoms with E-state index in [4.69, 9.17) is 11.6 Å². The predicted molar refractivity (Wildman–Crippen MR) is 86.8 cm³/mol. The maximum absolute atomic E-state index is 10.7. The summed E-state index contributed by atoms with van der Waals surface area (Å²) in [5.41, 5.74) is 2.12. The van der Waals surface area contributed by atoms with Gasteiger partial charge in [0.2, 0.25) is 0 Å². The molecule has 0 spiro atoms. The van der Waals surface area contributed by atoms with E-state index in [0.717, 1.165) is 37.6 Å². The second-order valence-corrected chi connectivity index (χ2v) is 5.48. The molecule has 0 radical (unpaired) electrons. The van der Waals surface area contributed by atoms with E-state index < -0.39 is 0 Å². The summed E-state index contributed by atoms with van der Waals surface area (Å²) in [6.07, 6.45) is 3.39. The van der Waals surface area contributed by atoms with Crippen LogP contribution in [0.5, 0.6) is 0 Å². The van der Waals surface area contributed by atoms with Crippen molar-refractivity contribution in [2.45, 2.75) is 0 Å². The Hall–Kier alpha value is -2.34. The van der Waals surface area contributed by atoms with Crippen LogP contribution in [0.25, 0.3) is 0 Å². The molecule has 1 aliphatic heterocycles. The number of pyridine rings is 1. The molecule has 1 aliphatic rings. The van der Waals surface area contributed by atoms with Gasteiger partial charge in [0, 0.05) is 56.4 Å². The van der Waals surface area contributed by atoms with Crippen molar-refractivity contribution in [3.63, 3.8) is 0 Å². The lowest BCUT2D eigenvalue weighted by Gasteiger charge is -2.37. The first kappa shape index (κ1) is 14.6. The van der Waals surface area contributed by atoms with Crippen molar-refractivity contribution in [3.8, 4) is 0 Å². The van der Waals surface area contributed by atoms with Gasteiger partial charge >= 0.3 is 0 Å². The Kier molecular flexibility index (Phi) is 4.11. The number of benzene rings is 1. The highest BCUT2D eigenvalue weighted by Crippen LogP contribution is 2.27. The van der Waals surface area contributed by atoms with Crippen LogP contribution in [0.15, 0.2) is 42.7 Å². The Labute approximate surface area is 133 Å². The number of anilines is 2. The molecule has 114 valence electrons. The van der Waals surface area contributed by atoms with E-state index in [0.29, 0.717) is 5.02 Å². The Morgan fingerprint density at radius 2 is 1.68 bits per heavy atom. The number of nitrogens with zero attached hydrogens (tertiary/aromatic N) is 4. The van der Waals surface area contributed by atoms with E-state index in [2.05, 4.69) is 14.8 Å². The number of hydrogen-bond donors (Lipinski definition) is 0. The van der Waals surface area contributed by atoms with Crippen molar-refractivity contribution in [1.29, 1.82) is 0 Å². The van der Waals surface area contributed by atoms with Gasteiger partial charge in [0.15, 0.2) is 0 Å². The number of nitro benzene ring substituents is 1. The van der Waals surface area contributed by atoms with Crippen molar-refractivity contribution in [2.24, 2.45) is 0 Å². The molecule has 1 aromatic carbocycles. The Morgan fingerprint density at radius 3 is 2.27 bits per heavy atom. The number of non-ortho nitro benzene ring substituents is 1. The highest BCUT2D eigenvalue weighted by atomic mass is 35.5. The maximum atomic E-state index is 10.7. The molecular weight excluding hydrogens is 304 g/mol. The zero-order chi connectivity index (χ0) is 15.5. The van der Waals surface area contributed by atoms with E-state index in [1.165, 1.54) is 0 Å². The molecule has 1 fully saturated rings. The molecule has 3 rings (SSSR count). The summed E-state index contributed by atoms with van der Waals surface area (Å²) in [4.78, 5) is 18.8. The minimum Gasteiger partial charge on any atom is -0.368 e. The van der Waals surface area contributed by atoms with Crippen molar-refractivity contribution in [2.75, 3.05) is 36.0 Å². The molecule has 0 N–H and O–H groups in total. The molecule has 1 saturated heterocycles. The van der Waals surface area contributed by atoms with Crippen LogP contribution in [-0.2, 0) is 0 Å². The monoisotopic (exact) mass is 318 g/mol. The Balaban J connectivity index is 1.66. The first-order chi connectivity index (χ1) is 10.6. The summed E-state index contributed by atoms with van der Waals surface area (Å²) >= 11 is 6.18. The summed E-state index contributed by atoms with van der Waals surface area (Å²) in [6, 6.07) is 8.60. The van der Waals surface area contributed by atoms with Crippen LogP contribution in [0.4, 0.5) is 17.1 Å². The summed E-state index contributed by atoms with van der Waals surface area (Å²) in [6.45, 7) is 3.38. The smallest absolute Gasteiger partial charge is 0.269 e. The zero-order valence-electron chi connectivity index (χ0n) is 11.9. The summed E-state index contributed by atoms with van der Waals surface area (Å²) in [5, 5.41) is 11.3. The average Bonchev–Trinajstić information content (AvgIpc) is 2.56. The second-order valence-electron chi connectivity index (χ2n) is 5.07. The molecule has 2 heterocycles. The maximum Gasteiger partial charge on any atom is 0.269 e. The first-order valence-corrected chi connectivity index (χ1v) is 7.37. The number of piperazine rings is 1. The third-order valence-corrected chi connectivity index (χ3v) is 4.09. The van der Waals surface area contributed by atoms with Gasteiger partial charge in [0.05, 0.1) is 15.6 Å². The minimum atomic E-state index is -0.382. The fourth-order valence-corrected chi connectivity index (χ4v) is 2.85. The predicted octanol–water partition coefficient (Wildman–Crippen LogP) is 2.97. The van der Waals surface area contributed by atoms with Crippen LogP contribution in [-0.4, -0.2) is 36.1 Å². The third kappa shape index (κ3) is 2.96. The lowest BCUT2D eigenvalue weighted by Crippen LogP contribution is -2.46. The third-order valence-electron chi connectivity index (χ3n) is 3.80. The number of halogens is 1. The molecule has 7 heteroatoms. The molecule has 6 nitrogen and oxygen atoms in total.